The van der Waals surface area contributed by atoms with Crippen molar-refractivity contribution in [2.75, 3.05) is 26.2 Å². The molecule has 0 bridgehead atoms. The number of hydrogen-bond acceptors (Lipinski definition) is 2. The van der Waals surface area contributed by atoms with Gasteiger partial charge in [-0.2, -0.15) is 0 Å². The van der Waals surface area contributed by atoms with Crippen molar-refractivity contribution < 1.29 is 0 Å². The van der Waals surface area contributed by atoms with E-state index in [0.717, 1.165) is 0 Å². The standard InChI is InChI=1S/C5H11N.C2H5N/c1-2-4-6-5-3-1;1-2-3-1/h6H,1-5H2;3H,1-2H2. The molecule has 2 saturated heterocycles. The molecule has 0 aromatic carbocycles. The van der Waals surface area contributed by atoms with Gasteiger partial charge in [-0.1, -0.05) is 6.42 Å². The smallest absolute Gasteiger partial charge is 0.00772 e. The fourth-order valence-corrected chi connectivity index (χ4v) is 0.802. The van der Waals surface area contributed by atoms with Crippen LogP contribution in [-0.2, 0) is 0 Å². The molecule has 0 aliphatic carbocycles. The topological polar surface area (TPSA) is 34.0 Å². The molecule has 2 nitrogen and oxygen atoms in total. The Balaban J connectivity index is 0.000000112. The quantitative estimate of drug-likeness (QED) is 0.462. The summed E-state index contributed by atoms with van der Waals surface area (Å²) in [4.78, 5) is 0. The van der Waals surface area contributed by atoms with Crippen LogP contribution in [0.5, 0.6) is 0 Å². The summed E-state index contributed by atoms with van der Waals surface area (Å²) in [6, 6.07) is 0. The van der Waals surface area contributed by atoms with Crippen molar-refractivity contribution in [3.8, 4) is 0 Å². The first-order valence-electron chi connectivity index (χ1n) is 3.91. The van der Waals surface area contributed by atoms with Gasteiger partial charge in [0.05, 0.1) is 0 Å². The van der Waals surface area contributed by atoms with Crippen molar-refractivity contribution in [3.63, 3.8) is 0 Å². The second-order valence-corrected chi connectivity index (χ2v) is 2.56. The molecule has 0 radical (unpaired) electrons. The van der Waals surface area contributed by atoms with Crippen LogP contribution in [0.25, 0.3) is 0 Å². The van der Waals surface area contributed by atoms with Crippen LogP contribution in [0.2, 0.25) is 0 Å². The summed E-state index contributed by atoms with van der Waals surface area (Å²) < 4.78 is 0. The SMILES string of the molecule is C1CCNCC1.C1CN1. The molecular weight excluding hydrogens is 112 g/mol. The van der Waals surface area contributed by atoms with Crippen molar-refractivity contribution in [1.29, 1.82) is 0 Å². The second kappa shape index (κ2) is 4.77. The molecule has 2 fully saturated rings. The second-order valence-electron chi connectivity index (χ2n) is 2.56. The van der Waals surface area contributed by atoms with Crippen LogP contribution in [0.1, 0.15) is 19.3 Å². The maximum Gasteiger partial charge on any atom is 0.00772 e. The normalized spacial score (nSPS) is 24.0. The summed E-state index contributed by atoms with van der Waals surface area (Å²) in [6.45, 7) is 5.00. The first-order valence-corrected chi connectivity index (χ1v) is 3.91. The highest BCUT2D eigenvalue weighted by molar-refractivity contribution is 4.58. The van der Waals surface area contributed by atoms with E-state index in [2.05, 4.69) is 10.6 Å². The van der Waals surface area contributed by atoms with E-state index >= 15 is 0 Å². The van der Waals surface area contributed by atoms with Crippen LogP contribution in [0.4, 0.5) is 0 Å². The number of rotatable bonds is 0. The molecule has 0 aromatic heterocycles. The molecule has 0 spiro atoms. The van der Waals surface area contributed by atoms with E-state index in [1.165, 1.54) is 45.4 Å². The Morgan fingerprint density at radius 2 is 1.00 bits per heavy atom. The van der Waals surface area contributed by atoms with Gasteiger partial charge in [-0.15, -0.1) is 0 Å². The molecule has 0 atom stereocenters. The lowest BCUT2D eigenvalue weighted by atomic mass is 10.2. The minimum absolute atomic E-state index is 1.25. The zero-order valence-corrected chi connectivity index (χ0v) is 5.95. The van der Waals surface area contributed by atoms with Crippen LogP contribution in [-0.4, -0.2) is 26.2 Å². The third-order valence-corrected chi connectivity index (χ3v) is 1.46. The maximum atomic E-state index is 3.28. The Kier molecular flexibility index (Phi) is 3.72. The van der Waals surface area contributed by atoms with Gasteiger partial charge in [0.15, 0.2) is 0 Å². The minimum atomic E-state index is 1.25. The van der Waals surface area contributed by atoms with Crippen molar-refractivity contribution in [2.45, 2.75) is 19.3 Å². The fourth-order valence-electron chi connectivity index (χ4n) is 0.802. The molecule has 2 aliphatic rings. The first kappa shape index (κ1) is 7.03. The maximum absolute atomic E-state index is 3.28. The van der Waals surface area contributed by atoms with Crippen molar-refractivity contribution in [3.05, 3.63) is 0 Å². The lowest BCUT2D eigenvalue weighted by Gasteiger charge is -2.08. The molecule has 2 rings (SSSR count). The van der Waals surface area contributed by atoms with E-state index in [4.69, 9.17) is 0 Å². The largest absolute Gasteiger partial charge is 0.317 e. The number of hydrogen-bond donors (Lipinski definition) is 2. The van der Waals surface area contributed by atoms with Gasteiger partial charge in [0, 0.05) is 13.1 Å². The Morgan fingerprint density at radius 3 is 1.11 bits per heavy atom. The van der Waals surface area contributed by atoms with Crippen LogP contribution < -0.4 is 10.6 Å². The Hall–Kier alpha value is -0.0800. The number of nitrogens with one attached hydrogen (secondary N) is 2. The molecule has 2 N–H and O–H groups in total. The molecule has 2 heteroatoms. The third kappa shape index (κ3) is 5.80. The first-order chi connectivity index (χ1) is 4.50. The molecule has 0 amide bonds. The molecule has 2 aliphatic heterocycles. The molecule has 9 heavy (non-hydrogen) atoms. The summed E-state index contributed by atoms with van der Waals surface area (Å²) in [5, 5.41) is 6.28. The van der Waals surface area contributed by atoms with Crippen molar-refractivity contribution in [1.82, 2.24) is 10.6 Å². The van der Waals surface area contributed by atoms with Gasteiger partial charge in [0.2, 0.25) is 0 Å². The summed E-state index contributed by atoms with van der Waals surface area (Å²) in [5.41, 5.74) is 0. The van der Waals surface area contributed by atoms with E-state index < -0.39 is 0 Å². The van der Waals surface area contributed by atoms with E-state index in [0.29, 0.717) is 0 Å². The minimum Gasteiger partial charge on any atom is -0.317 e. The highest BCUT2D eigenvalue weighted by atomic mass is 15.0. The molecular formula is C7H16N2. The Bertz CT molecular complexity index is 43.7. The third-order valence-electron chi connectivity index (χ3n) is 1.46. The predicted molar refractivity (Wildman–Crippen MR) is 39.6 cm³/mol. The predicted octanol–water partition coefficient (Wildman–Crippen LogP) is 0.349. The van der Waals surface area contributed by atoms with E-state index in [9.17, 15) is 0 Å². The lowest BCUT2D eigenvalue weighted by Crippen LogP contribution is -2.21. The zero-order valence-electron chi connectivity index (χ0n) is 5.95. The van der Waals surface area contributed by atoms with Gasteiger partial charge < -0.3 is 10.6 Å². The molecule has 2 heterocycles. The van der Waals surface area contributed by atoms with Gasteiger partial charge in [0.1, 0.15) is 0 Å². The zero-order chi connectivity index (χ0) is 6.36. The average Bonchev–Trinajstić information content (AvgIpc) is 2.76. The monoisotopic (exact) mass is 128 g/mol. The lowest BCUT2D eigenvalue weighted by molar-refractivity contribution is 0.520. The Morgan fingerprint density at radius 1 is 0.556 bits per heavy atom. The van der Waals surface area contributed by atoms with Gasteiger partial charge in [-0.25, -0.2) is 0 Å². The summed E-state index contributed by atoms with van der Waals surface area (Å²) >= 11 is 0. The van der Waals surface area contributed by atoms with Crippen molar-refractivity contribution >= 4 is 0 Å². The molecule has 0 unspecified atom stereocenters. The highest BCUT2D eigenvalue weighted by Crippen LogP contribution is 1.96. The average molecular weight is 128 g/mol. The summed E-state index contributed by atoms with van der Waals surface area (Å²) in [6.07, 6.45) is 4.22. The summed E-state index contributed by atoms with van der Waals surface area (Å²) in [5.74, 6) is 0. The van der Waals surface area contributed by atoms with Gasteiger partial charge in [-0.05, 0) is 25.9 Å². The number of piperidine rings is 1. The van der Waals surface area contributed by atoms with Crippen molar-refractivity contribution in [2.24, 2.45) is 0 Å². The Labute approximate surface area is 57.0 Å². The summed E-state index contributed by atoms with van der Waals surface area (Å²) in [7, 11) is 0. The van der Waals surface area contributed by atoms with Gasteiger partial charge in [-0.3, -0.25) is 0 Å². The van der Waals surface area contributed by atoms with Crippen LogP contribution in [0, 0.1) is 0 Å². The highest BCUT2D eigenvalue weighted by Gasteiger charge is 1.93. The fraction of sp³-hybridized carbons (Fsp3) is 1.00. The van der Waals surface area contributed by atoms with E-state index in [1.807, 2.05) is 0 Å². The van der Waals surface area contributed by atoms with Crippen LogP contribution >= 0.6 is 0 Å². The molecule has 0 saturated carbocycles. The van der Waals surface area contributed by atoms with E-state index in [-0.39, 0.29) is 0 Å². The van der Waals surface area contributed by atoms with Gasteiger partial charge >= 0.3 is 0 Å². The molecule has 54 valence electrons. The van der Waals surface area contributed by atoms with Crippen LogP contribution in [0.15, 0.2) is 0 Å². The molecule has 0 aromatic rings. The van der Waals surface area contributed by atoms with E-state index in [1.54, 1.807) is 0 Å². The van der Waals surface area contributed by atoms with Crippen LogP contribution in [0.3, 0.4) is 0 Å². The van der Waals surface area contributed by atoms with Gasteiger partial charge in [0.25, 0.3) is 0 Å².